The topological polar surface area (TPSA) is 20.2 Å². The van der Waals surface area contributed by atoms with Gasteiger partial charge in [-0.25, -0.2) is 0 Å². The van der Waals surface area contributed by atoms with Gasteiger partial charge in [0.15, 0.2) is 0 Å². The van der Waals surface area contributed by atoms with Gasteiger partial charge in [0.2, 0.25) is 0 Å². The van der Waals surface area contributed by atoms with Crippen LogP contribution in [0, 0.1) is 13.8 Å². The van der Waals surface area contributed by atoms with E-state index in [1.54, 1.807) is 0 Å². The molecule has 1 heterocycles. The summed E-state index contributed by atoms with van der Waals surface area (Å²) in [5, 5.41) is 10.8. The van der Waals surface area contributed by atoms with Crippen LogP contribution in [0.15, 0.2) is 12.1 Å². The first-order chi connectivity index (χ1) is 7.09. The highest BCUT2D eigenvalue weighted by molar-refractivity contribution is 7.99. The number of aliphatic hydroxyl groups excluding tert-OH is 1. The fourth-order valence-corrected chi connectivity index (χ4v) is 3.42. The maximum Gasteiger partial charge on any atom is 0.0806 e. The minimum atomic E-state index is -0.273. The standard InChI is InChI=1S/C13H18OS/c1-8-4-5-9(2)13-11(8)7-15-10(3)6-12(13)14/h4-5,10,12,14H,6-7H2,1-3H3/t10?,12-/m1/s1. The number of fused-ring (bicyclic) bond motifs is 1. The second kappa shape index (κ2) is 4.18. The van der Waals surface area contributed by atoms with Crippen LogP contribution in [0.5, 0.6) is 0 Å². The molecule has 0 aliphatic carbocycles. The Hall–Kier alpha value is -0.470. The molecule has 0 fully saturated rings. The minimum Gasteiger partial charge on any atom is -0.388 e. The summed E-state index contributed by atoms with van der Waals surface area (Å²) < 4.78 is 0. The van der Waals surface area contributed by atoms with E-state index in [0.29, 0.717) is 5.25 Å². The lowest BCUT2D eigenvalue weighted by molar-refractivity contribution is 0.167. The summed E-state index contributed by atoms with van der Waals surface area (Å²) in [5.74, 6) is 1.04. The van der Waals surface area contributed by atoms with Crippen molar-refractivity contribution in [3.63, 3.8) is 0 Å². The number of thioether (sulfide) groups is 1. The Balaban J connectivity index is 2.52. The Morgan fingerprint density at radius 1 is 1.27 bits per heavy atom. The highest BCUT2D eigenvalue weighted by Gasteiger charge is 2.23. The molecule has 1 N–H and O–H groups in total. The van der Waals surface area contributed by atoms with E-state index in [9.17, 15) is 5.11 Å². The predicted molar refractivity (Wildman–Crippen MR) is 66.2 cm³/mol. The van der Waals surface area contributed by atoms with Crippen LogP contribution in [0.3, 0.4) is 0 Å². The lowest BCUT2D eigenvalue weighted by atomic mass is 9.92. The van der Waals surface area contributed by atoms with Crippen molar-refractivity contribution in [1.29, 1.82) is 0 Å². The first-order valence-electron chi connectivity index (χ1n) is 5.48. The number of aliphatic hydroxyl groups is 1. The fourth-order valence-electron chi connectivity index (χ4n) is 2.27. The summed E-state index contributed by atoms with van der Waals surface area (Å²) in [6.07, 6.45) is 0.604. The lowest BCUT2D eigenvalue weighted by Crippen LogP contribution is -2.06. The van der Waals surface area contributed by atoms with Gasteiger partial charge >= 0.3 is 0 Å². The third kappa shape index (κ3) is 2.06. The van der Waals surface area contributed by atoms with E-state index in [1.165, 1.54) is 22.3 Å². The van der Waals surface area contributed by atoms with E-state index in [0.717, 1.165) is 12.2 Å². The van der Waals surface area contributed by atoms with Crippen LogP contribution in [-0.2, 0) is 5.75 Å². The minimum absolute atomic E-state index is 0.273. The van der Waals surface area contributed by atoms with Gasteiger partial charge in [-0.2, -0.15) is 11.8 Å². The lowest BCUT2D eigenvalue weighted by Gasteiger charge is -2.16. The summed E-state index contributed by atoms with van der Waals surface area (Å²) in [7, 11) is 0. The summed E-state index contributed by atoms with van der Waals surface area (Å²) in [6, 6.07) is 4.29. The van der Waals surface area contributed by atoms with E-state index in [2.05, 4.69) is 32.9 Å². The highest BCUT2D eigenvalue weighted by Crippen LogP contribution is 2.37. The SMILES string of the molecule is Cc1ccc(C)c2c1CSC(C)C[C@H]2O. The van der Waals surface area contributed by atoms with E-state index >= 15 is 0 Å². The van der Waals surface area contributed by atoms with Gasteiger partial charge in [-0.3, -0.25) is 0 Å². The second-order valence-electron chi connectivity index (χ2n) is 4.46. The van der Waals surface area contributed by atoms with Crippen LogP contribution >= 0.6 is 11.8 Å². The fraction of sp³-hybridized carbons (Fsp3) is 0.538. The van der Waals surface area contributed by atoms with Crippen LogP contribution in [0.25, 0.3) is 0 Å². The van der Waals surface area contributed by atoms with Gasteiger partial charge in [-0.15, -0.1) is 0 Å². The molecule has 2 atom stereocenters. The molecule has 0 bridgehead atoms. The Labute approximate surface area is 95.9 Å². The third-order valence-corrected chi connectivity index (χ3v) is 4.43. The van der Waals surface area contributed by atoms with Gasteiger partial charge in [-0.05, 0) is 42.5 Å². The maximum atomic E-state index is 10.2. The van der Waals surface area contributed by atoms with Gasteiger partial charge in [0.25, 0.3) is 0 Å². The monoisotopic (exact) mass is 222 g/mol. The zero-order chi connectivity index (χ0) is 11.0. The van der Waals surface area contributed by atoms with Crippen molar-refractivity contribution in [2.75, 3.05) is 0 Å². The third-order valence-electron chi connectivity index (χ3n) is 3.21. The molecule has 0 saturated heterocycles. The van der Waals surface area contributed by atoms with Crippen LogP contribution in [-0.4, -0.2) is 10.4 Å². The molecule has 0 aromatic heterocycles. The zero-order valence-corrected chi connectivity index (χ0v) is 10.4. The zero-order valence-electron chi connectivity index (χ0n) is 9.58. The first-order valence-corrected chi connectivity index (χ1v) is 6.53. The van der Waals surface area contributed by atoms with Gasteiger partial charge in [0.1, 0.15) is 0 Å². The normalized spacial score (nSPS) is 25.9. The van der Waals surface area contributed by atoms with Crippen molar-refractivity contribution in [2.45, 2.75) is 44.3 Å². The van der Waals surface area contributed by atoms with Crippen LogP contribution in [0.1, 0.15) is 41.7 Å². The van der Waals surface area contributed by atoms with E-state index in [-0.39, 0.29) is 6.10 Å². The Morgan fingerprint density at radius 3 is 2.67 bits per heavy atom. The molecule has 15 heavy (non-hydrogen) atoms. The number of benzene rings is 1. The van der Waals surface area contributed by atoms with Crippen molar-refractivity contribution >= 4 is 11.8 Å². The molecule has 0 radical (unpaired) electrons. The quantitative estimate of drug-likeness (QED) is 0.726. The molecule has 82 valence electrons. The van der Waals surface area contributed by atoms with Gasteiger partial charge in [0.05, 0.1) is 6.10 Å². The summed E-state index contributed by atoms with van der Waals surface area (Å²) >= 11 is 1.95. The molecule has 1 aliphatic rings. The summed E-state index contributed by atoms with van der Waals surface area (Å²) in [4.78, 5) is 0. The molecular formula is C13H18OS. The van der Waals surface area contributed by atoms with E-state index < -0.39 is 0 Å². The summed E-state index contributed by atoms with van der Waals surface area (Å²) in [5.41, 5.74) is 5.10. The molecule has 1 aromatic carbocycles. The molecular weight excluding hydrogens is 204 g/mol. The van der Waals surface area contributed by atoms with Crippen molar-refractivity contribution in [3.05, 3.63) is 34.4 Å². The average Bonchev–Trinajstić information content (AvgIpc) is 2.32. The van der Waals surface area contributed by atoms with Crippen LogP contribution in [0.4, 0.5) is 0 Å². The average molecular weight is 222 g/mol. The molecule has 1 unspecified atom stereocenters. The number of hydrogen-bond acceptors (Lipinski definition) is 2. The van der Waals surface area contributed by atoms with Crippen molar-refractivity contribution in [1.82, 2.24) is 0 Å². The van der Waals surface area contributed by atoms with Crippen molar-refractivity contribution < 1.29 is 5.11 Å². The van der Waals surface area contributed by atoms with Crippen molar-refractivity contribution in [2.24, 2.45) is 0 Å². The van der Waals surface area contributed by atoms with Crippen molar-refractivity contribution in [3.8, 4) is 0 Å². The molecule has 1 aliphatic heterocycles. The molecule has 1 nitrogen and oxygen atoms in total. The van der Waals surface area contributed by atoms with E-state index in [4.69, 9.17) is 0 Å². The molecule has 2 rings (SSSR count). The Bertz CT molecular complexity index is 373. The Kier molecular flexibility index (Phi) is 3.08. The largest absolute Gasteiger partial charge is 0.388 e. The second-order valence-corrected chi connectivity index (χ2v) is 5.89. The molecule has 1 aromatic rings. The maximum absolute atomic E-state index is 10.2. The van der Waals surface area contributed by atoms with Gasteiger partial charge in [0, 0.05) is 11.0 Å². The smallest absolute Gasteiger partial charge is 0.0806 e. The highest BCUT2D eigenvalue weighted by atomic mass is 32.2. The van der Waals surface area contributed by atoms with E-state index in [1.807, 2.05) is 11.8 Å². The Morgan fingerprint density at radius 2 is 1.93 bits per heavy atom. The summed E-state index contributed by atoms with van der Waals surface area (Å²) in [6.45, 7) is 6.44. The van der Waals surface area contributed by atoms with Crippen LogP contribution < -0.4 is 0 Å². The van der Waals surface area contributed by atoms with Crippen LogP contribution in [0.2, 0.25) is 0 Å². The van der Waals surface area contributed by atoms with Gasteiger partial charge < -0.3 is 5.11 Å². The molecule has 0 saturated carbocycles. The number of aryl methyl sites for hydroxylation is 2. The number of hydrogen-bond donors (Lipinski definition) is 1. The predicted octanol–water partition coefficient (Wildman–Crippen LogP) is 3.36. The first kappa shape index (κ1) is 11.0. The molecule has 2 heteroatoms. The molecule has 0 spiro atoms. The molecule has 0 amide bonds. The number of rotatable bonds is 0. The van der Waals surface area contributed by atoms with Gasteiger partial charge in [-0.1, -0.05) is 19.1 Å².